The van der Waals surface area contributed by atoms with Gasteiger partial charge in [-0.3, -0.25) is 14.2 Å². The van der Waals surface area contributed by atoms with Crippen LogP contribution in [0.15, 0.2) is 71.5 Å². The zero-order chi connectivity index (χ0) is 19.0. The number of benzene rings is 2. The van der Waals surface area contributed by atoms with E-state index in [9.17, 15) is 14.0 Å². The number of carbonyl (C=O) groups excluding carboxylic acids is 1. The number of rotatable bonds is 3. The molecular formula is C21H16FN3O2. The highest BCUT2D eigenvalue weighted by Crippen LogP contribution is 2.19. The molecule has 0 aliphatic carbocycles. The molecule has 0 atom stereocenters. The predicted molar refractivity (Wildman–Crippen MR) is 103 cm³/mol. The van der Waals surface area contributed by atoms with Gasteiger partial charge in [0.1, 0.15) is 17.2 Å². The van der Waals surface area contributed by atoms with E-state index in [0.29, 0.717) is 28.1 Å². The summed E-state index contributed by atoms with van der Waals surface area (Å²) in [5.41, 5.74) is 2.77. The lowest BCUT2D eigenvalue weighted by molar-refractivity contribution is 0.102. The highest BCUT2D eigenvalue weighted by molar-refractivity contribution is 6.05. The van der Waals surface area contributed by atoms with Crippen molar-refractivity contribution in [3.63, 3.8) is 0 Å². The summed E-state index contributed by atoms with van der Waals surface area (Å²) in [4.78, 5) is 28.0. The number of hydrogen-bond acceptors (Lipinski definition) is 2. The molecule has 0 bridgehead atoms. The van der Waals surface area contributed by atoms with Crippen molar-refractivity contribution in [3.05, 3.63) is 94.2 Å². The molecule has 0 saturated heterocycles. The largest absolute Gasteiger partial charge is 0.336 e. The molecule has 0 fully saturated rings. The van der Waals surface area contributed by atoms with Crippen LogP contribution in [-0.4, -0.2) is 15.5 Å². The monoisotopic (exact) mass is 361 g/mol. The predicted octanol–water partition coefficient (Wildman–Crippen LogP) is 4.02. The maximum Gasteiger partial charge on any atom is 0.272 e. The van der Waals surface area contributed by atoms with E-state index in [4.69, 9.17) is 0 Å². The fraction of sp³-hybridized carbons (Fsp3) is 0.0476. The molecule has 0 spiro atoms. The smallest absolute Gasteiger partial charge is 0.272 e. The Morgan fingerprint density at radius 2 is 1.81 bits per heavy atom. The van der Waals surface area contributed by atoms with E-state index in [1.165, 1.54) is 34.9 Å². The molecule has 0 unspecified atom stereocenters. The van der Waals surface area contributed by atoms with Crippen molar-refractivity contribution in [2.75, 3.05) is 5.32 Å². The average Bonchev–Trinajstić information content (AvgIpc) is 3.07. The quantitative estimate of drug-likeness (QED) is 0.579. The molecule has 4 aromatic rings. The van der Waals surface area contributed by atoms with Gasteiger partial charge in [0.25, 0.3) is 11.5 Å². The first-order valence-corrected chi connectivity index (χ1v) is 8.40. The number of anilines is 1. The highest BCUT2D eigenvalue weighted by Gasteiger charge is 2.14. The molecule has 2 heterocycles. The second-order valence-electron chi connectivity index (χ2n) is 6.29. The number of halogens is 1. The number of hydrogen-bond donors (Lipinski definition) is 2. The number of fused-ring (bicyclic) bond motifs is 1. The summed E-state index contributed by atoms with van der Waals surface area (Å²) in [6, 6.07) is 17.8. The lowest BCUT2D eigenvalue weighted by Crippen LogP contribution is -2.17. The van der Waals surface area contributed by atoms with Crippen LogP contribution in [0.3, 0.4) is 0 Å². The molecule has 2 aromatic carbocycles. The van der Waals surface area contributed by atoms with Crippen molar-refractivity contribution in [1.82, 2.24) is 9.55 Å². The van der Waals surface area contributed by atoms with E-state index < -0.39 is 0 Å². The Labute approximate surface area is 154 Å². The first-order chi connectivity index (χ1) is 13.0. The van der Waals surface area contributed by atoms with Crippen LogP contribution in [0.25, 0.3) is 16.7 Å². The molecule has 6 heteroatoms. The fourth-order valence-corrected chi connectivity index (χ4v) is 3.01. The van der Waals surface area contributed by atoms with Crippen LogP contribution in [0.1, 0.15) is 16.1 Å². The minimum atomic E-state index is -0.385. The second kappa shape index (κ2) is 6.57. The van der Waals surface area contributed by atoms with Crippen LogP contribution in [0, 0.1) is 12.7 Å². The van der Waals surface area contributed by atoms with Gasteiger partial charge in [0.05, 0.1) is 5.69 Å². The van der Waals surface area contributed by atoms with Gasteiger partial charge in [-0.15, -0.1) is 0 Å². The molecule has 0 saturated carbocycles. The number of pyridine rings is 1. The van der Waals surface area contributed by atoms with E-state index in [0.717, 1.165) is 5.56 Å². The minimum Gasteiger partial charge on any atom is -0.336 e. The van der Waals surface area contributed by atoms with Crippen molar-refractivity contribution < 1.29 is 9.18 Å². The first-order valence-electron chi connectivity index (χ1n) is 8.40. The average molecular weight is 361 g/mol. The van der Waals surface area contributed by atoms with E-state index in [1.807, 2.05) is 31.2 Å². The first kappa shape index (κ1) is 16.8. The third-order valence-electron chi connectivity index (χ3n) is 4.28. The van der Waals surface area contributed by atoms with Crippen molar-refractivity contribution in [2.45, 2.75) is 6.92 Å². The molecule has 4 rings (SSSR count). The molecular weight excluding hydrogens is 345 g/mol. The Bertz CT molecular complexity index is 1210. The van der Waals surface area contributed by atoms with Gasteiger partial charge in [-0.2, -0.15) is 0 Å². The summed E-state index contributed by atoms with van der Waals surface area (Å²) in [5.74, 6) is -0.696. The number of nitrogens with zero attached hydrogens (tertiary/aromatic N) is 1. The Morgan fingerprint density at radius 3 is 2.56 bits per heavy atom. The van der Waals surface area contributed by atoms with Gasteiger partial charge < -0.3 is 10.3 Å². The van der Waals surface area contributed by atoms with E-state index in [1.54, 1.807) is 12.1 Å². The lowest BCUT2D eigenvalue weighted by atomic mass is 10.2. The summed E-state index contributed by atoms with van der Waals surface area (Å²) < 4.78 is 14.6. The standard InChI is InChI=1S/C21H16FN3O2/c1-13-3-2-4-16(11-13)23-21(27)18-12-14-5-10-19(26)25(20(14)24-18)17-8-6-15(22)7-9-17/h2-12,24H,1H3,(H,23,27). The van der Waals surface area contributed by atoms with E-state index >= 15 is 0 Å². The number of amides is 1. The Morgan fingerprint density at radius 1 is 1.04 bits per heavy atom. The van der Waals surface area contributed by atoms with Gasteiger partial charge in [-0.25, -0.2) is 4.39 Å². The van der Waals surface area contributed by atoms with E-state index in [-0.39, 0.29) is 17.3 Å². The van der Waals surface area contributed by atoms with Crippen LogP contribution in [-0.2, 0) is 0 Å². The number of aryl methyl sites for hydroxylation is 1. The molecule has 134 valence electrons. The number of aromatic amines is 1. The number of H-pyrrole nitrogens is 1. The molecule has 2 aromatic heterocycles. The van der Waals surface area contributed by atoms with Crippen LogP contribution in [0.2, 0.25) is 0 Å². The zero-order valence-corrected chi connectivity index (χ0v) is 14.5. The van der Waals surface area contributed by atoms with Crippen molar-refractivity contribution in [3.8, 4) is 5.69 Å². The fourth-order valence-electron chi connectivity index (χ4n) is 3.01. The third-order valence-corrected chi connectivity index (χ3v) is 4.28. The Balaban J connectivity index is 1.76. The van der Waals surface area contributed by atoms with Gasteiger partial charge in [-0.05, 0) is 61.0 Å². The van der Waals surface area contributed by atoms with Crippen molar-refractivity contribution in [1.29, 1.82) is 0 Å². The van der Waals surface area contributed by atoms with Crippen LogP contribution < -0.4 is 10.9 Å². The summed E-state index contributed by atoms with van der Waals surface area (Å²) in [7, 11) is 0. The molecule has 0 aliphatic heterocycles. The van der Waals surface area contributed by atoms with Crippen LogP contribution in [0.4, 0.5) is 10.1 Å². The van der Waals surface area contributed by atoms with Crippen LogP contribution >= 0.6 is 0 Å². The normalized spacial score (nSPS) is 10.9. The molecule has 2 N–H and O–H groups in total. The van der Waals surface area contributed by atoms with Gasteiger partial charge in [0.15, 0.2) is 0 Å². The number of aromatic nitrogens is 2. The summed E-state index contributed by atoms with van der Waals surface area (Å²) >= 11 is 0. The molecule has 5 nitrogen and oxygen atoms in total. The number of carbonyl (C=O) groups is 1. The van der Waals surface area contributed by atoms with Gasteiger partial charge in [0.2, 0.25) is 0 Å². The molecule has 0 radical (unpaired) electrons. The SMILES string of the molecule is Cc1cccc(NC(=O)c2cc3ccc(=O)n(-c4ccc(F)cc4)c3[nH]2)c1. The zero-order valence-electron chi connectivity index (χ0n) is 14.5. The maximum absolute atomic E-state index is 13.2. The summed E-state index contributed by atoms with van der Waals surface area (Å²) in [6.07, 6.45) is 0. The maximum atomic E-state index is 13.2. The summed E-state index contributed by atoms with van der Waals surface area (Å²) in [5, 5.41) is 3.54. The van der Waals surface area contributed by atoms with Crippen LogP contribution in [0.5, 0.6) is 0 Å². The van der Waals surface area contributed by atoms with E-state index in [2.05, 4.69) is 10.3 Å². The number of nitrogens with one attached hydrogen (secondary N) is 2. The second-order valence-corrected chi connectivity index (χ2v) is 6.29. The topological polar surface area (TPSA) is 66.9 Å². The van der Waals surface area contributed by atoms with Crippen molar-refractivity contribution in [2.24, 2.45) is 0 Å². The lowest BCUT2D eigenvalue weighted by Gasteiger charge is -2.07. The Kier molecular flexibility index (Phi) is 4.08. The highest BCUT2D eigenvalue weighted by atomic mass is 19.1. The summed E-state index contributed by atoms with van der Waals surface area (Å²) in [6.45, 7) is 1.94. The minimum absolute atomic E-state index is 0.276. The third kappa shape index (κ3) is 3.25. The van der Waals surface area contributed by atoms with Gasteiger partial charge in [-0.1, -0.05) is 12.1 Å². The van der Waals surface area contributed by atoms with Gasteiger partial charge in [0, 0.05) is 17.1 Å². The molecule has 27 heavy (non-hydrogen) atoms. The molecule has 0 aliphatic rings. The molecule has 1 amide bonds. The van der Waals surface area contributed by atoms with Gasteiger partial charge >= 0.3 is 0 Å². The van der Waals surface area contributed by atoms with Crippen molar-refractivity contribution >= 4 is 22.6 Å². The Hall–Kier alpha value is -3.67.